The topological polar surface area (TPSA) is 155 Å². The van der Waals surface area contributed by atoms with Crippen molar-refractivity contribution in [1.82, 2.24) is 44.9 Å². The Balaban J connectivity index is 0.000000209. The van der Waals surface area contributed by atoms with Crippen molar-refractivity contribution in [3.8, 4) is 67.5 Å². The Bertz CT molecular complexity index is 7890. The fourth-order valence-electron chi connectivity index (χ4n) is 13.7. The number of aryl methyl sites for hydroxylation is 12. The Morgan fingerprint density at radius 1 is 0.294 bits per heavy atom. The molecule has 0 N–H and O–H groups in total. The zero-order valence-electron chi connectivity index (χ0n) is 110. The van der Waals surface area contributed by atoms with Gasteiger partial charge in [-0.2, -0.15) is 0 Å². The van der Waals surface area contributed by atoms with Crippen LogP contribution in [0.3, 0.4) is 0 Å². The number of nitrogens with zero attached hydrogens (tertiary/aromatic N) is 9. The number of fused-ring (bicyclic) bond motifs is 9. The first-order valence-corrected chi connectivity index (χ1v) is 38.9. The van der Waals surface area contributed by atoms with E-state index in [1.807, 2.05) is 84.9 Å². The SMILES string of the molecule is [2H]C([2H])([2H])c1cc(-c2[c-]cc(C([2H])([2H])[2H])c3c2oc2nc(C)cc(C([2H])(C)C)c23)ncc1C([2H])(C)C([2H])([2H])[2H].[2H]C([2H])([2H])c1cc(-c2[c-]cc(C([2H])([2H])[2H])c3c2oc2nc(C)cc(C([2H])(C)C)c23)ncc1C([2H])(C)C([2H])([2H])[2H].[2H]C([2H])([2H])c1cc(-c2[c-]cc(C([2H])([2H])[2H])c3c2oc2nc(C)cc(C([2H])(C)C)c23)ncc1C([2H])(C)C([2H])([2H])[2H].[2H]C([2H])([2H])c1ccc(-c2[c-]cccc2)nc1.[2H]C([2H])([2H])c1cnc(-c2[c-]cccc2)cc1C.[Ir].[Ir].[Ir].[c-]1ccccc1-c1ccccn1. The molecule has 126 heavy (non-hydrogen) atoms. The Morgan fingerprint density at radius 2 is 0.635 bits per heavy atom. The number of hydrogen-bond acceptors (Lipinski definition) is 12. The van der Waals surface area contributed by atoms with Crippen LogP contribution in [-0.4, -0.2) is 44.9 Å². The third kappa shape index (κ3) is 22.0. The van der Waals surface area contributed by atoms with Gasteiger partial charge in [0.2, 0.25) is 17.1 Å². The minimum atomic E-state index is -2.83. The molecule has 0 amide bonds. The van der Waals surface area contributed by atoms with Gasteiger partial charge in [0.25, 0.3) is 0 Å². The molecular formula is C111H111Ir3N9O3-6. The third-order valence-electron chi connectivity index (χ3n) is 19.7. The van der Waals surface area contributed by atoms with Crippen LogP contribution < -0.4 is 0 Å². The molecule has 0 saturated carbocycles. The summed E-state index contributed by atoms with van der Waals surface area (Å²) in [6.07, 6.45) is 7.77. The molecule has 0 bridgehead atoms. The van der Waals surface area contributed by atoms with Crippen LogP contribution in [0.5, 0.6) is 0 Å². The average Bonchev–Trinajstić information content (AvgIpc) is 1.67. The number of benzene rings is 6. The summed E-state index contributed by atoms with van der Waals surface area (Å²) in [7, 11) is 0. The Labute approximate surface area is 840 Å². The first-order valence-electron chi connectivity index (χ1n) is 58.4. The monoisotopic (exact) mass is 2240 g/mol. The number of pyridine rings is 9. The molecule has 0 aliphatic rings. The van der Waals surface area contributed by atoms with Crippen LogP contribution in [0.15, 0.2) is 214 Å². The molecule has 15 heteroatoms. The van der Waals surface area contributed by atoms with E-state index in [0.717, 1.165) is 78.7 Å². The second kappa shape index (κ2) is 43.0. The molecule has 3 radical (unpaired) electrons. The Hall–Kier alpha value is -11.0. The second-order valence-electron chi connectivity index (χ2n) is 29.7. The van der Waals surface area contributed by atoms with Crippen molar-refractivity contribution < 1.29 is 127 Å². The minimum Gasteiger partial charge on any atom is -0.486 e. The number of furan rings is 3. The average molecular weight is 2240 g/mol. The van der Waals surface area contributed by atoms with Crippen molar-refractivity contribution in [3.05, 3.63) is 338 Å². The zero-order valence-corrected chi connectivity index (χ0v) is 78.0. The van der Waals surface area contributed by atoms with Crippen molar-refractivity contribution in [2.45, 2.75) is 201 Å². The summed E-state index contributed by atoms with van der Waals surface area (Å²) in [6.45, 7) is -8.50. The summed E-state index contributed by atoms with van der Waals surface area (Å²) in [6, 6.07) is 64.0. The van der Waals surface area contributed by atoms with Gasteiger partial charge in [0.05, 0.1) is 16.7 Å². The van der Waals surface area contributed by atoms with Crippen LogP contribution in [-0.2, 0) is 60.3 Å². The van der Waals surface area contributed by atoms with Gasteiger partial charge in [0.1, 0.15) is 0 Å². The van der Waals surface area contributed by atoms with Crippen LogP contribution >= 0.6 is 0 Å². The van der Waals surface area contributed by atoms with E-state index in [9.17, 15) is 0 Å². The zero-order chi connectivity index (χ0) is 121. The van der Waals surface area contributed by atoms with E-state index in [0.29, 0.717) is 55.5 Å². The molecule has 12 aromatic heterocycles. The summed E-state index contributed by atoms with van der Waals surface area (Å²) in [5.41, 5.74) is 8.50. The van der Waals surface area contributed by atoms with Gasteiger partial charge in [-0.3, -0.25) is 0 Å². The number of rotatable bonds is 12. The summed E-state index contributed by atoms with van der Waals surface area (Å²) >= 11 is 0. The van der Waals surface area contributed by atoms with Gasteiger partial charge in [0, 0.05) is 184 Å². The molecule has 0 aliphatic carbocycles. The first-order chi connectivity index (χ1) is 74.2. The molecule has 12 heterocycles. The van der Waals surface area contributed by atoms with Crippen LogP contribution in [0, 0.1) is 119 Å². The van der Waals surface area contributed by atoms with Crippen molar-refractivity contribution >= 4 is 66.2 Å². The van der Waals surface area contributed by atoms with Gasteiger partial charge in [-0.1, -0.05) is 207 Å². The maximum Gasteiger partial charge on any atom is 0.216 e. The van der Waals surface area contributed by atoms with E-state index >= 15 is 0 Å². The Kier molecular flexibility index (Phi) is 19.2. The molecule has 12 nitrogen and oxygen atoms in total. The van der Waals surface area contributed by atoms with E-state index in [2.05, 4.69) is 81.3 Å². The fraction of sp³-hybridized carbons (Fsp3) is 0.270. The van der Waals surface area contributed by atoms with E-state index in [1.165, 1.54) is 48.8 Å². The quantitative estimate of drug-likeness (QED) is 0.107. The van der Waals surface area contributed by atoms with Crippen molar-refractivity contribution in [2.75, 3.05) is 0 Å². The second-order valence-corrected chi connectivity index (χ2v) is 29.7. The fourth-order valence-corrected chi connectivity index (χ4v) is 13.7. The molecule has 18 aromatic rings. The molecule has 0 spiro atoms. The third-order valence-corrected chi connectivity index (χ3v) is 19.7. The van der Waals surface area contributed by atoms with Gasteiger partial charge < -0.3 is 43.2 Å². The molecule has 3 unspecified atom stereocenters. The van der Waals surface area contributed by atoms with Crippen molar-refractivity contribution in [3.63, 3.8) is 0 Å². The van der Waals surface area contributed by atoms with E-state index < -0.39 is 111 Å². The summed E-state index contributed by atoms with van der Waals surface area (Å²) in [5, 5.41) is 1.63. The van der Waals surface area contributed by atoms with Gasteiger partial charge in [-0.25, -0.2) is 15.0 Å². The van der Waals surface area contributed by atoms with Gasteiger partial charge in [-0.05, 0) is 200 Å². The van der Waals surface area contributed by atoms with E-state index in [1.54, 1.807) is 118 Å². The largest absolute Gasteiger partial charge is 0.486 e. The van der Waals surface area contributed by atoms with E-state index in [-0.39, 0.29) is 200 Å². The number of hydrogen-bond donors (Lipinski definition) is 0. The van der Waals surface area contributed by atoms with Gasteiger partial charge in [0.15, 0.2) is 0 Å². The summed E-state index contributed by atoms with van der Waals surface area (Å²) in [5.74, 6) is -10.2. The standard InChI is InChI=1S/3C25H27N2O.C13H12N.C12H10N.C11H8N.3Ir/c3*1-13(2)19-11-17(7)27-25-23(19)22-15(5)8-9-18(24(22)28-25)21-10-16(6)20(12-26-21)14(3)4;1-10-8-13(14-9-11(10)2)12-6-4-3-5-7-12;1-10-7-8-12(13-9-10)11-5-3-2-4-6-11;1-2-6-10(7-3-1)11-8-4-5-9-12-11;;;/h3*8,10-14H,1-7H3;3-6,8-9H,1-2H3;2-5,7-9H,1H3;1-6,8-9H;;;/q6*-1;;;/i3*3D3,5D3,6D3,13D,14D;2D3;1D3;;;;. The molecule has 18 rings (SSSR count). The molecule has 6 aromatic carbocycles. The smallest absolute Gasteiger partial charge is 0.216 e. The molecule has 3 atom stereocenters. The van der Waals surface area contributed by atoms with Gasteiger partial charge >= 0.3 is 0 Å². The summed E-state index contributed by atoms with van der Waals surface area (Å²) in [4.78, 5) is 38.7. The van der Waals surface area contributed by atoms with Crippen molar-refractivity contribution in [1.29, 1.82) is 0 Å². The molecule has 651 valence electrons. The van der Waals surface area contributed by atoms with Gasteiger partial charge in [-0.15, -0.1) is 161 Å². The minimum absolute atomic E-state index is 0. The van der Waals surface area contributed by atoms with E-state index in [4.69, 9.17) is 66.7 Å². The predicted molar refractivity (Wildman–Crippen MR) is 508 cm³/mol. The van der Waals surface area contributed by atoms with Crippen LogP contribution in [0.25, 0.3) is 134 Å². The van der Waals surface area contributed by atoms with Crippen LogP contribution in [0.1, 0.15) is 272 Å². The number of aromatic nitrogens is 9. The molecule has 0 fully saturated rings. The summed E-state index contributed by atoms with van der Waals surface area (Å²) < 4.78 is 329. The molecule has 0 saturated heterocycles. The normalized spacial score (nSPS) is 18.4. The maximum absolute atomic E-state index is 8.68. The molecule has 0 aliphatic heterocycles. The predicted octanol–water partition coefficient (Wildman–Crippen LogP) is 29.6. The molecular weight excluding hydrogens is 2080 g/mol. The maximum atomic E-state index is 8.68. The first kappa shape index (κ1) is 56.3. The van der Waals surface area contributed by atoms with Crippen molar-refractivity contribution in [2.24, 2.45) is 0 Å². The van der Waals surface area contributed by atoms with Crippen LogP contribution in [0.4, 0.5) is 0 Å². The Morgan fingerprint density at radius 3 is 0.937 bits per heavy atom. The van der Waals surface area contributed by atoms with Crippen LogP contribution in [0.2, 0.25) is 0 Å².